The summed E-state index contributed by atoms with van der Waals surface area (Å²) in [5.41, 5.74) is -0.759. The van der Waals surface area contributed by atoms with Crippen molar-refractivity contribution in [2.75, 3.05) is 13.2 Å². The molecule has 9 heteroatoms. The minimum atomic E-state index is -1.32. The first-order valence-corrected chi connectivity index (χ1v) is 9.85. The van der Waals surface area contributed by atoms with Crippen LogP contribution in [-0.2, 0) is 0 Å². The Labute approximate surface area is 159 Å². The number of nitrogens with zero attached hydrogens (tertiary/aromatic N) is 2. The minimum absolute atomic E-state index is 0.125. The second-order valence-corrected chi connectivity index (χ2v) is 8.09. The quantitative estimate of drug-likeness (QED) is 0.507. The first kappa shape index (κ1) is 17.8. The Bertz CT molecular complexity index is 738. The molecule has 26 heavy (non-hydrogen) atoms. The Hall–Kier alpha value is -1.58. The van der Waals surface area contributed by atoms with Gasteiger partial charge < -0.3 is 25.4 Å². The van der Waals surface area contributed by atoms with E-state index in [4.69, 9.17) is 5.11 Å². The standard InChI is InChI=1S/C17H23BrN4O4/c18-12-6-5-10-15(24)19-13-11(22(10)12)9-17(26)14(13)20-16(25)21(17)7-3-1-2-4-8-23/h5-6,11,13-14,23,26H,1-4,7-9H2,(H,19,24)(H,20,25)/t11-,13-,14+,17+/m1/s1. The molecule has 1 aliphatic carbocycles. The maximum atomic E-state index is 12.4. The van der Waals surface area contributed by atoms with Crippen LogP contribution in [0.15, 0.2) is 16.7 Å². The summed E-state index contributed by atoms with van der Waals surface area (Å²) < 4.78 is 2.70. The van der Waals surface area contributed by atoms with Crippen molar-refractivity contribution in [1.29, 1.82) is 0 Å². The lowest BCUT2D eigenvalue weighted by molar-refractivity contribution is -0.0682. The highest BCUT2D eigenvalue weighted by Gasteiger charge is 2.64. The molecule has 4 N–H and O–H groups in total. The zero-order chi connectivity index (χ0) is 18.5. The fourth-order valence-corrected chi connectivity index (χ4v) is 5.16. The van der Waals surface area contributed by atoms with Gasteiger partial charge in [-0.2, -0.15) is 0 Å². The normalized spacial score (nSPS) is 32.1. The van der Waals surface area contributed by atoms with E-state index >= 15 is 0 Å². The Morgan fingerprint density at radius 3 is 2.73 bits per heavy atom. The van der Waals surface area contributed by atoms with Gasteiger partial charge in [0.25, 0.3) is 5.91 Å². The van der Waals surface area contributed by atoms with E-state index < -0.39 is 11.8 Å². The van der Waals surface area contributed by atoms with Crippen LogP contribution < -0.4 is 10.6 Å². The number of carbonyl (C=O) groups excluding carboxylic acids is 2. The Morgan fingerprint density at radius 1 is 1.19 bits per heavy atom. The van der Waals surface area contributed by atoms with Gasteiger partial charge in [-0.1, -0.05) is 12.8 Å². The summed E-state index contributed by atoms with van der Waals surface area (Å²) in [6.07, 6.45) is 3.66. The molecule has 4 atom stereocenters. The number of amides is 3. The van der Waals surface area contributed by atoms with Crippen LogP contribution in [0.1, 0.15) is 48.6 Å². The third kappa shape index (κ3) is 2.56. The fraction of sp³-hybridized carbons (Fsp3) is 0.647. The molecule has 4 rings (SSSR count). The topological polar surface area (TPSA) is 107 Å². The van der Waals surface area contributed by atoms with Gasteiger partial charge in [-0.05, 0) is 40.9 Å². The number of aromatic nitrogens is 1. The monoisotopic (exact) mass is 426 g/mol. The van der Waals surface area contributed by atoms with E-state index in [1.54, 1.807) is 6.07 Å². The van der Waals surface area contributed by atoms with E-state index in [2.05, 4.69) is 26.6 Å². The zero-order valence-corrected chi connectivity index (χ0v) is 15.9. The highest BCUT2D eigenvalue weighted by atomic mass is 79.9. The molecule has 0 radical (unpaired) electrons. The average Bonchev–Trinajstić information content (AvgIpc) is 3.19. The summed E-state index contributed by atoms with van der Waals surface area (Å²) in [7, 11) is 0. The van der Waals surface area contributed by atoms with Crippen molar-refractivity contribution in [3.63, 3.8) is 0 Å². The first-order valence-electron chi connectivity index (χ1n) is 9.06. The largest absolute Gasteiger partial charge is 0.396 e. The molecular formula is C17H23BrN4O4. The van der Waals surface area contributed by atoms with E-state index in [0.29, 0.717) is 18.7 Å². The van der Waals surface area contributed by atoms with E-state index in [9.17, 15) is 14.7 Å². The van der Waals surface area contributed by atoms with Crippen molar-refractivity contribution in [3.8, 4) is 0 Å². The van der Waals surface area contributed by atoms with Crippen LogP contribution >= 0.6 is 15.9 Å². The van der Waals surface area contributed by atoms with Gasteiger partial charge in [0.1, 0.15) is 11.7 Å². The number of halogens is 1. The molecule has 0 bridgehead atoms. The zero-order valence-electron chi connectivity index (χ0n) is 14.3. The number of aliphatic hydroxyl groups is 2. The summed E-state index contributed by atoms with van der Waals surface area (Å²) in [6.45, 7) is 0.630. The van der Waals surface area contributed by atoms with Gasteiger partial charge in [0.05, 0.1) is 16.7 Å². The van der Waals surface area contributed by atoms with Crippen LogP contribution in [0.25, 0.3) is 0 Å². The van der Waals surface area contributed by atoms with Gasteiger partial charge in [0.15, 0.2) is 5.72 Å². The van der Waals surface area contributed by atoms with Crippen LogP contribution in [0, 0.1) is 0 Å². The molecule has 1 saturated carbocycles. The predicted octanol–water partition coefficient (Wildman–Crippen LogP) is 0.942. The van der Waals surface area contributed by atoms with Crippen molar-refractivity contribution in [2.24, 2.45) is 0 Å². The lowest BCUT2D eigenvalue weighted by Gasteiger charge is -2.32. The third-order valence-electron chi connectivity index (χ3n) is 5.79. The molecule has 8 nitrogen and oxygen atoms in total. The van der Waals surface area contributed by atoms with E-state index in [1.165, 1.54) is 4.90 Å². The number of unbranched alkanes of at least 4 members (excludes halogenated alkanes) is 3. The molecule has 0 unspecified atom stereocenters. The van der Waals surface area contributed by atoms with Crippen molar-refractivity contribution < 1.29 is 19.8 Å². The third-order valence-corrected chi connectivity index (χ3v) is 6.44. The summed E-state index contributed by atoms with van der Waals surface area (Å²) in [4.78, 5) is 26.3. The predicted molar refractivity (Wildman–Crippen MR) is 96.6 cm³/mol. The SMILES string of the molecule is O=C1N[C@@H]2[C@@H](C[C@]3(O)[C@H]2NC(=O)N3CCCCCCO)n2c(Br)ccc21. The van der Waals surface area contributed by atoms with Gasteiger partial charge in [0, 0.05) is 19.6 Å². The number of carbonyl (C=O) groups is 2. The maximum absolute atomic E-state index is 12.4. The fourth-order valence-electron chi connectivity index (χ4n) is 4.57. The number of rotatable bonds is 6. The molecular weight excluding hydrogens is 404 g/mol. The summed E-state index contributed by atoms with van der Waals surface area (Å²) >= 11 is 3.49. The van der Waals surface area contributed by atoms with Crippen molar-refractivity contribution >= 4 is 27.9 Å². The van der Waals surface area contributed by atoms with Crippen LogP contribution in [0.5, 0.6) is 0 Å². The van der Waals surface area contributed by atoms with E-state index in [-0.39, 0.29) is 30.6 Å². The molecule has 1 aromatic heterocycles. The maximum Gasteiger partial charge on any atom is 0.320 e. The number of aliphatic hydroxyl groups excluding tert-OH is 1. The molecule has 0 spiro atoms. The van der Waals surface area contributed by atoms with Gasteiger partial charge in [0.2, 0.25) is 0 Å². The van der Waals surface area contributed by atoms with Crippen LogP contribution in [0.4, 0.5) is 4.79 Å². The lowest BCUT2D eigenvalue weighted by atomic mass is 10.0. The molecule has 0 aromatic carbocycles. The molecule has 142 valence electrons. The number of fused-ring (bicyclic) bond motifs is 5. The van der Waals surface area contributed by atoms with E-state index in [1.807, 2.05) is 10.6 Å². The van der Waals surface area contributed by atoms with Gasteiger partial charge in [-0.3, -0.25) is 9.69 Å². The number of hydrogen-bond acceptors (Lipinski definition) is 4. The summed E-state index contributed by atoms with van der Waals surface area (Å²) in [6, 6.07) is 2.28. The highest BCUT2D eigenvalue weighted by Crippen LogP contribution is 2.47. The van der Waals surface area contributed by atoms with E-state index in [0.717, 1.165) is 30.3 Å². The number of urea groups is 1. The number of nitrogens with one attached hydrogen (secondary N) is 2. The van der Waals surface area contributed by atoms with Crippen LogP contribution in [0.3, 0.4) is 0 Å². The molecule has 2 aliphatic heterocycles. The van der Waals surface area contributed by atoms with Crippen molar-refractivity contribution in [3.05, 3.63) is 22.4 Å². The lowest BCUT2D eigenvalue weighted by Crippen LogP contribution is -2.56. The number of hydrogen-bond donors (Lipinski definition) is 4. The van der Waals surface area contributed by atoms with Gasteiger partial charge >= 0.3 is 6.03 Å². The Morgan fingerprint density at radius 2 is 1.96 bits per heavy atom. The molecule has 3 amide bonds. The van der Waals surface area contributed by atoms with Gasteiger partial charge in [-0.15, -0.1) is 0 Å². The van der Waals surface area contributed by atoms with Crippen molar-refractivity contribution in [2.45, 2.75) is 56.0 Å². The molecule has 1 saturated heterocycles. The molecule has 1 aromatic rings. The second kappa shape index (κ2) is 6.54. The summed E-state index contributed by atoms with van der Waals surface area (Å²) in [5.74, 6) is -0.196. The smallest absolute Gasteiger partial charge is 0.320 e. The van der Waals surface area contributed by atoms with Crippen LogP contribution in [0.2, 0.25) is 0 Å². The summed E-state index contributed by atoms with van der Waals surface area (Å²) in [5, 5.41) is 26.0. The van der Waals surface area contributed by atoms with Gasteiger partial charge in [-0.25, -0.2) is 4.79 Å². The second-order valence-electron chi connectivity index (χ2n) is 7.28. The Balaban J connectivity index is 1.55. The van der Waals surface area contributed by atoms with Crippen LogP contribution in [-0.4, -0.2) is 62.6 Å². The van der Waals surface area contributed by atoms with Crippen molar-refractivity contribution in [1.82, 2.24) is 20.1 Å². The minimum Gasteiger partial charge on any atom is -0.396 e. The molecule has 3 aliphatic rings. The average molecular weight is 427 g/mol. The highest BCUT2D eigenvalue weighted by molar-refractivity contribution is 9.10. The molecule has 2 fully saturated rings. The molecule has 3 heterocycles. The Kier molecular flexibility index (Phi) is 4.48. The first-order chi connectivity index (χ1) is 12.5.